The predicted molar refractivity (Wildman–Crippen MR) is 111 cm³/mol. The molecule has 0 aromatic rings. The monoisotopic (exact) mass is 385 g/mol. The van der Waals surface area contributed by atoms with E-state index in [9.17, 15) is 9.59 Å². The first-order valence-corrected chi connectivity index (χ1v) is 10.8. The van der Waals surface area contributed by atoms with Gasteiger partial charge in [-0.1, -0.05) is 78.6 Å². The Hall–Kier alpha value is -1.26. The van der Waals surface area contributed by atoms with Crippen LogP contribution in [0.15, 0.2) is 0 Å². The molecule has 5 heteroatoms. The lowest BCUT2D eigenvalue weighted by molar-refractivity contribution is -0.147. The summed E-state index contributed by atoms with van der Waals surface area (Å²) in [5.74, 6) is -0.440. The lowest BCUT2D eigenvalue weighted by Gasteiger charge is -2.24. The molecule has 0 saturated carbocycles. The maximum absolute atomic E-state index is 12.3. The van der Waals surface area contributed by atoms with Crippen molar-refractivity contribution < 1.29 is 19.1 Å². The van der Waals surface area contributed by atoms with E-state index in [1.807, 2.05) is 13.8 Å². The van der Waals surface area contributed by atoms with Gasteiger partial charge in [0.25, 0.3) is 0 Å². The summed E-state index contributed by atoms with van der Waals surface area (Å²) in [6, 6.07) is -0.678. The molecule has 0 aliphatic rings. The van der Waals surface area contributed by atoms with Gasteiger partial charge in [-0.15, -0.1) is 0 Å². The van der Waals surface area contributed by atoms with E-state index in [0.717, 1.165) is 12.8 Å². The predicted octanol–water partition coefficient (Wildman–Crippen LogP) is 6.00. The van der Waals surface area contributed by atoms with Gasteiger partial charge in [0.1, 0.15) is 11.6 Å². The summed E-state index contributed by atoms with van der Waals surface area (Å²) in [7, 11) is 0. The van der Waals surface area contributed by atoms with Crippen molar-refractivity contribution in [2.75, 3.05) is 6.61 Å². The molecule has 0 bridgehead atoms. The lowest BCUT2D eigenvalue weighted by Crippen LogP contribution is -2.47. The molecule has 0 aliphatic carbocycles. The minimum Gasteiger partial charge on any atom is -0.464 e. The van der Waals surface area contributed by atoms with Crippen molar-refractivity contribution in [1.29, 1.82) is 0 Å². The molecule has 1 atom stereocenters. The molecule has 0 fully saturated rings. The largest absolute Gasteiger partial charge is 0.464 e. The van der Waals surface area contributed by atoms with Crippen LogP contribution in [0.3, 0.4) is 0 Å². The summed E-state index contributed by atoms with van der Waals surface area (Å²) < 4.78 is 10.6. The number of esters is 1. The third-order valence-corrected chi connectivity index (χ3v) is 4.34. The second-order valence-electron chi connectivity index (χ2n) is 8.72. The van der Waals surface area contributed by atoms with E-state index in [1.54, 1.807) is 20.8 Å². The average molecular weight is 386 g/mol. The first-order chi connectivity index (χ1) is 12.7. The second-order valence-corrected chi connectivity index (χ2v) is 8.72. The van der Waals surface area contributed by atoms with Gasteiger partial charge in [0.15, 0.2) is 0 Å². The molecular formula is C22H43NO4. The Balaban J connectivity index is 3.88. The van der Waals surface area contributed by atoms with Crippen molar-refractivity contribution in [3.8, 4) is 0 Å². The molecule has 5 nitrogen and oxygen atoms in total. The van der Waals surface area contributed by atoms with E-state index in [0.29, 0.717) is 6.61 Å². The van der Waals surface area contributed by atoms with Crippen molar-refractivity contribution in [3.63, 3.8) is 0 Å². The molecule has 0 spiro atoms. The molecule has 160 valence electrons. The Morgan fingerprint density at radius 2 is 1.33 bits per heavy atom. The van der Waals surface area contributed by atoms with Gasteiger partial charge < -0.3 is 14.8 Å². The Morgan fingerprint density at radius 3 is 1.78 bits per heavy atom. The van der Waals surface area contributed by atoms with Gasteiger partial charge in [-0.25, -0.2) is 9.59 Å². The van der Waals surface area contributed by atoms with Gasteiger partial charge in [0, 0.05) is 0 Å². The van der Waals surface area contributed by atoms with Crippen LogP contribution in [-0.4, -0.2) is 30.3 Å². The second kappa shape index (κ2) is 14.8. The Morgan fingerprint density at radius 1 is 0.852 bits per heavy atom. The average Bonchev–Trinajstić information content (AvgIpc) is 2.55. The van der Waals surface area contributed by atoms with Crippen LogP contribution >= 0.6 is 0 Å². The van der Waals surface area contributed by atoms with Gasteiger partial charge in [0.05, 0.1) is 6.61 Å². The molecule has 0 rings (SSSR count). The molecule has 0 saturated heterocycles. The van der Waals surface area contributed by atoms with Crippen LogP contribution in [-0.2, 0) is 14.3 Å². The summed E-state index contributed by atoms with van der Waals surface area (Å²) in [5, 5.41) is 2.63. The number of amides is 1. The lowest BCUT2D eigenvalue weighted by atomic mass is 10.1. The Bertz CT molecular complexity index is 402. The third kappa shape index (κ3) is 15.5. The number of carbonyl (C=O) groups is 2. The molecule has 1 unspecified atom stereocenters. The van der Waals surface area contributed by atoms with Crippen LogP contribution in [0.2, 0.25) is 0 Å². The minimum atomic E-state index is -0.678. The van der Waals surface area contributed by atoms with Gasteiger partial charge in [0.2, 0.25) is 0 Å². The van der Waals surface area contributed by atoms with Crippen molar-refractivity contribution in [2.24, 2.45) is 5.92 Å². The summed E-state index contributed by atoms with van der Waals surface area (Å²) in [6.07, 6.45) is 11.8. The highest BCUT2D eigenvalue weighted by molar-refractivity contribution is 5.81. The number of carbonyl (C=O) groups excluding carboxylic acids is 2. The Kier molecular flexibility index (Phi) is 14.1. The normalized spacial score (nSPS) is 12.7. The fourth-order valence-corrected chi connectivity index (χ4v) is 2.78. The fraction of sp³-hybridized carbons (Fsp3) is 0.909. The molecular weight excluding hydrogens is 342 g/mol. The van der Waals surface area contributed by atoms with Gasteiger partial charge in [-0.3, -0.25) is 0 Å². The highest BCUT2D eigenvalue weighted by atomic mass is 16.6. The van der Waals surface area contributed by atoms with E-state index in [-0.39, 0.29) is 11.9 Å². The maximum Gasteiger partial charge on any atom is 0.408 e. The Labute approximate surface area is 167 Å². The van der Waals surface area contributed by atoms with Crippen LogP contribution in [0.1, 0.15) is 106 Å². The van der Waals surface area contributed by atoms with E-state index in [1.165, 1.54) is 51.4 Å². The van der Waals surface area contributed by atoms with Crippen molar-refractivity contribution in [3.05, 3.63) is 0 Å². The van der Waals surface area contributed by atoms with Gasteiger partial charge in [-0.05, 0) is 33.1 Å². The number of hydrogen-bond donors (Lipinski definition) is 1. The molecule has 0 radical (unpaired) electrons. The highest BCUT2D eigenvalue weighted by Gasteiger charge is 2.28. The first kappa shape index (κ1) is 25.7. The summed E-state index contributed by atoms with van der Waals surface area (Å²) in [6.45, 7) is 11.8. The summed E-state index contributed by atoms with van der Waals surface area (Å²) in [5.41, 5.74) is -0.592. The van der Waals surface area contributed by atoms with E-state index < -0.39 is 17.7 Å². The molecule has 0 aromatic heterocycles. The number of hydrogen-bond acceptors (Lipinski definition) is 4. The smallest absolute Gasteiger partial charge is 0.408 e. The van der Waals surface area contributed by atoms with Crippen LogP contribution < -0.4 is 5.32 Å². The van der Waals surface area contributed by atoms with Crippen LogP contribution in [0.4, 0.5) is 4.79 Å². The number of alkyl carbamates (subject to hydrolysis) is 1. The topological polar surface area (TPSA) is 64.6 Å². The van der Waals surface area contributed by atoms with Crippen molar-refractivity contribution >= 4 is 12.1 Å². The SMILES string of the molecule is CCCCCCCCCCCCOC(=O)C(NC(=O)OC(C)(C)C)C(C)C. The van der Waals surface area contributed by atoms with E-state index >= 15 is 0 Å². The zero-order chi connectivity index (χ0) is 20.7. The number of rotatable bonds is 14. The molecule has 0 heterocycles. The molecule has 0 aromatic carbocycles. The highest BCUT2D eigenvalue weighted by Crippen LogP contribution is 2.12. The van der Waals surface area contributed by atoms with Crippen LogP contribution in [0.5, 0.6) is 0 Å². The molecule has 1 N–H and O–H groups in total. The van der Waals surface area contributed by atoms with Crippen molar-refractivity contribution in [1.82, 2.24) is 5.32 Å². The molecule has 0 aliphatic heterocycles. The zero-order valence-electron chi connectivity index (χ0n) is 18.6. The first-order valence-electron chi connectivity index (χ1n) is 10.8. The fourth-order valence-electron chi connectivity index (χ4n) is 2.78. The number of ether oxygens (including phenoxy) is 2. The van der Waals surface area contributed by atoms with Crippen molar-refractivity contribution in [2.45, 2.75) is 117 Å². The van der Waals surface area contributed by atoms with Crippen LogP contribution in [0, 0.1) is 5.92 Å². The number of unbranched alkanes of at least 4 members (excludes halogenated alkanes) is 9. The van der Waals surface area contributed by atoms with E-state index in [2.05, 4.69) is 12.2 Å². The zero-order valence-corrected chi connectivity index (χ0v) is 18.6. The standard InChI is InChI=1S/C22H43NO4/c1-7-8-9-10-11-12-13-14-15-16-17-26-20(24)19(18(2)3)23-21(25)27-22(4,5)6/h18-19H,7-17H2,1-6H3,(H,23,25). The van der Waals surface area contributed by atoms with Gasteiger partial charge in [-0.2, -0.15) is 0 Å². The van der Waals surface area contributed by atoms with E-state index in [4.69, 9.17) is 9.47 Å². The summed E-state index contributed by atoms with van der Waals surface area (Å²) >= 11 is 0. The number of nitrogens with one attached hydrogen (secondary N) is 1. The third-order valence-electron chi connectivity index (χ3n) is 4.34. The van der Waals surface area contributed by atoms with Gasteiger partial charge >= 0.3 is 12.1 Å². The maximum atomic E-state index is 12.3. The van der Waals surface area contributed by atoms with Crippen LogP contribution in [0.25, 0.3) is 0 Å². The summed E-state index contributed by atoms with van der Waals surface area (Å²) in [4.78, 5) is 24.2. The molecule has 27 heavy (non-hydrogen) atoms. The molecule has 1 amide bonds. The minimum absolute atomic E-state index is 0.0577. The quantitative estimate of drug-likeness (QED) is 0.294.